The van der Waals surface area contributed by atoms with Crippen molar-refractivity contribution in [2.24, 2.45) is 10.5 Å². The van der Waals surface area contributed by atoms with E-state index < -0.39 is 0 Å². The predicted molar refractivity (Wildman–Crippen MR) is 107 cm³/mol. The number of hydrogen-bond acceptors (Lipinski definition) is 4. The van der Waals surface area contributed by atoms with Crippen LogP contribution in [0.15, 0.2) is 40.6 Å². The van der Waals surface area contributed by atoms with Gasteiger partial charge < -0.3 is 4.90 Å². The summed E-state index contributed by atoms with van der Waals surface area (Å²) in [6.07, 6.45) is 1.98. The molecule has 3 rings (SSSR count). The maximum absolute atomic E-state index is 13.3. The van der Waals surface area contributed by atoms with Crippen LogP contribution in [0.5, 0.6) is 0 Å². The molecule has 5 heteroatoms. The third-order valence-electron chi connectivity index (χ3n) is 5.57. The van der Waals surface area contributed by atoms with E-state index in [0.717, 1.165) is 55.1 Å². The molecule has 1 aliphatic carbocycles. The second-order valence-corrected chi connectivity index (χ2v) is 8.25. The number of hydrogen-bond donors (Lipinski definition) is 0. The SMILES string of the molecule is CCN(CC)CCN1N=C(c2ccc(F)cc2)CC2=C1CC(C)(C)CC2=O. The van der Waals surface area contributed by atoms with Crippen molar-refractivity contribution in [3.63, 3.8) is 0 Å². The van der Waals surface area contributed by atoms with Crippen LogP contribution in [0.2, 0.25) is 0 Å². The third kappa shape index (κ3) is 4.46. The van der Waals surface area contributed by atoms with E-state index >= 15 is 0 Å². The van der Waals surface area contributed by atoms with Gasteiger partial charge in [0.05, 0.1) is 12.3 Å². The summed E-state index contributed by atoms with van der Waals surface area (Å²) >= 11 is 0. The zero-order chi connectivity index (χ0) is 19.6. The lowest BCUT2D eigenvalue weighted by Gasteiger charge is -2.39. The fourth-order valence-electron chi connectivity index (χ4n) is 3.94. The molecule has 0 saturated heterocycles. The first kappa shape index (κ1) is 19.7. The van der Waals surface area contributed by atoms with E-state index in [1.807, 2.05) is 5.01 Å². The Labute approximate surface area is 161 Å². The number of benzene rings is 1. The van der Waals surface area contributed by atoms with Crippen LogP contribution in [-0.4, -0.2) is 47.6 Å². The third-order valence-corrected chi connectivity index (χ3v) is 5.57. The van der Waals surface area contributed by atoms with Gasteiger partial charge >= 0.3 is 0 Å². The molecule has 1 aromatic carbocycles. The molecule has 0 fully saturated rings. The normalized spacial score (nSPS) is 19.4. The van der Waals surface area contributed by atoms with E-state index in [1.54, 1.807) is 12.1 Å². The molecule has 4 nitrogen and oxygen atoms in total. The van der Waals surface area contributed by atoms with Crippen LogP contribution in [-0.2, 0) is 4.79 Å². The largest absolute Gasteiger partial charge is 0.302 e. The quantitative estimate of drug-likeness (QED) is 0.751. The van der Waals surface area contributed by atoms with Crippen molar-refractivity contribution in [1.29, 1.82) is 0 Å². The predicted octanol–water partition coefficient (Wildman–Crippen LogP) is 4.22. The molecular weight excluding hydrogens is 341 g/mol. The lowest BCUT2D eigenvalue weighted by atomic mass is 9.74. The summed E-state index contributed by atoms with van der Waals surface area (Å²) in [5.74, 6) is -0.0347. The van der Waals surface area contributed by atoms with Crippen LogP contribution in [0.4, 0.5) is 4.39 Å². The molecule has 0 atom stereocenters. The molecule has 1 aromatic rings. The minimum atomic E-state index is -0.260. The van der Waals surface area contributed by atoms with Gasteiger partial charge in [-0.2, -0.15) is 5.10 Å². The summed E-state index contributed by atoms with van der Waals surface area (Å²) in [7, 11) is 0. The zero-order valence-corrected chi connectivity index (χ0v) is 16.9. The molecule has 0 saturated carbocycles. The second kappa shape index (κ2) is 7.93. The lowest BCUT2D eigenvalue weighted by Crippen LogP contribution is -2.39. The Morgan fingerprint density at radius 2 is 1.81 bits per heavy atom. The van der Waals surface area contributed by atoms with Crippen LogP contribution in [0.1, 0.15) is 52.5 Å². The van der Waals surface area contributed by atoms with Crippen molar-refractivity contribution in [1.82, 2.24) is 9.91 Å². The average molecular weight is 372 g/mol. The van der Waals surface area contributed by atoms with E-state index in [0.29, 0.717) is 12.8 Å². The van der Waals surface area contributed by atoms with E-state index in [9.17, 15) is 9.18 Å². The number of hydrazone groups is 1. The van der Waals surface area contributed by atoms with Crippen molar-refractivity contribution in [3.05, 3.63) is 46.9 Å². The number of ketones is 1. The van der Waals surface area contributed by atoms with E-state index in [-0.39, 0.29) is 17.0 Å². The van der Waals surface area contributed by atoms with Gasteiger partial charge in [-0.1, -0.05) is 39.8 Å². The van der Waals surface area contributed by atoms with Crippen molar-refractivity contribution < 1.29 is 9.18 Å². The number of halogens is 1. The Balaban J connectivity index is 1.92. The molecule has 0 amide bonds. The molecule has 27 heavy (non-hydrogen) atoms. The summed E-state index contributed by atoms with van der Waals surface area (Å²) in [6, 6.07) is 6.40. The van der Waals surface area contributed by atoms with Crippen molar-refractivity contribution in [2.45, 2.75) is 47.0 Å². The fraction of sp³-hybridized carbons (Fsp3) is 0.545. The zero-order valence-electron chi connectivity index (χ0n) is 16.9. The monoisotopic (exact) mass is 371 g/mol. The number of allylic oxidation sites excluding steroid dienone is 2. The molecule has 0 aromatic heterocycles. The fourth-order valence-corrected chi connectivity index (χ4v) is 3.94. The first-order chi connectivity index (χ1) is 12.8. The number of rotatable bonds is 6. The van der Waals surface area contributed by atoms with Crippen molar-refractivity contribution in [2.75, 3.05) is 26.2 Å². The van der Waals surface area contributed by atoms with Gasteiger partial charge in [0.2, 0.25) is 0 Å². The Kier molecular flexibility index (Phi) is 5.80. The van der Waals surface area contributed by atoms with E-state index in [2.05, 4.69) is 32.6 Å². The first-order valence-electron chi connectivity index (χ1n) is 9.91. The van der Waals surface area contributed by atoms with Crippen LogP contribution in [0.25, 0.3) is 0 Å². The maximum atomic E-state index is 13.3. The molecule has 1 heterocycles. The standard InChI is InChI=1S/C22H30FN3O/c1-5-25(6-2)11-12-26-20-14-22(3,4)15-21(27)18(20)13-19(24-26)16-7-9-17(23)10-8-16/h7-10H,5-6,11-15H2,1-4H3. The van der Waals surface area contributed by atoms with Crippen LogP contribution >= 0.6 is 0 Å². The lowest BCUT2D eigenvalue weighted by molar-refractivity contribution is -0.118. The maximum Gasteiger partial charge on any atom is 0.161 e. The minimum absolute atomic E-state index is 0.0355. The molecular formula is C22H30FN3O. The molecule has 0 unspecified atom stereocenters. The highest BCUT2D eigenvalue weighted by Gasteiger charge is 2.37. The Morgan fingerprint density at radius 3 is 2.44 bits per heavy atom. The summed E-state index contributed by atoms with van der Waals surface area (Å²) in [6.45, 7) is 12.3. The van der Waals surface area contributed by atoms with Gasteiger partial charge in [-0.05, 0) is 42.6 Å². The highest BCUT2D eigenvalue weighted by molar-refractivity contribution is 6.09. The van der Waals surface area contributed by atoms with Crippen LogP contribution < -0.4 is 0 Å². The van der Waals surface area contributed by atoms with Crippen LogP contribution in [0, 0.1) is 11.2 Å². The molecule has 0 radical (unpaired) electrons. The molecule has 0 N–H and O–H groups in total. The summed E-state index contributed by atoms with van der Waals surface area (Å²) in [5, 5.41) is 6.93. The Hall–Kier alpha value is -2.01. The number of likely N-dealkylation sites (N-methyl/N-ethyl adjacent to an activating group) is 1. The van der Waals surface area contributed by atoms with Gasteiger partial charge in [0.1, 0.15) is 5.82 Å². The number of carbonyl (C=O) groups excluding carboxylic acids is 1. The minimum Gasteiger partial charge on any atom is -0.302 e. The summed E-state index contributed by atoms with van der Waals surface area (Å²) in [5.41, 5.74) is 3.67. The molecule has 2 aliphatic rings. The molecule has 1 aliphatic heterocycles. The van der Waals surface area contributed by atoms with Crippen molar-refractivity contribution >= 4 is 11.5 Å². The number of carbonyl (C=O) groups is 1. The molecule has 0 bridgehead atoms. The van der Waals surface area contributed by atoms with E-state index in [1.165, 1.54) is 12.1 Å². The summed E-state index contributed by atoms with van der Waals surface area (Å²) in [4.78, 5) is 15.2. The highest BCUT2D eigenvalue weighted by atomic mass is 19.1. The van der Waals surface area contributed by atoms with Gasteiger partial charge in [0, 0.05) is 30.7 Å². The van der Waals surface area contributed by atoms with Gasteiger partial charge in [-0.15, -0.1) is 0 Å². The second-order valence-electron chi connectivity index (χ2n) is 8.25. The average Bonchev–Trinajstić information content (AvgIpc) is 2.62. The first-order valence-corrected chi connectivity index (χ1v) is 9.91. The Bertz CT molecular complexity index is 760. The van der Waals surface area contributed by atoms with Crippen molar-refractivity contribution in [3.8, 4) is 0 Å². The summed E-state index contributed by atoms with van der Waals surface area (Å²) < 4.78 is 13.3. The number of Topliss-reactive ketones (excluding diaryl/α,β-unsaturated/α-hetero) is 1. The molecule has 146 valence electrons. The smallest absolute Gasteiger partial charge is 0.161 e. The highest BCUT2D eigenvalue weighted by Crippen LogP contribution is 2.41. The van der Waals surface area contributed by atoms with Gasteiger partial charge in [-0.25, -0.2) is 4.39 Å². The van der Waals surface area contributed by atoms with Crippen LogP contribution in [0.3, 0.4) is 0 Å². The molecule has 0 spiro atoms. The topological polar surface area (TPSA) is 35.9 Å². The number of nitrogens with zero attached hydrogens (tertiary/aromatic N) is 3. The van der Waals surface area contributed by atoms with Gasteiger partial charge in [-0.3, -0.25) is 9.80 Å². The van der Waals surface area contributed by atoms with E-state index in [4.69, 9.17) is 5.10 Å². The van der Waals surface area contributed by atoms with Gasteiger partial charge in [0.15, 0.2) is 5.78 Å². The Morgan fingerprint density at radius 1 is 1.15 bits per heavy atom. The van der Waals surface area contributed by atoms with Gasteiger partial charge in [0.25, 0.3) is 0 Å².